The number of hydrazine groups is 2. The van der Waals surface area contributed by atoms with Gasteiger partial charge in [-0.25, -0.2) is 30.3 Å². The van der Waals surface area contributed by atoms with Gasteiger partial charge in [0.25, 0.3) is 0 Å². The van der Waals surface area contributed by atoms with E-state index < -0.39 is 17.7 Å². The fourth-order valence-electron chi connectivity index (χ4n) is 2.61. The number of benzene rings is 2. The minimum atomic E-state index is -0.824. The molecule has 0 radical (unpaired) electrons. The molecule has 2 rings (SSSR count). The van der Waals surface area contributed by atoms with E-state index >= 15 is 0 Å². The maximum Gasteiger partial charge on any atom is 0.350 e. The highest BCUT2D eigenvalue weighted by Crippen LogP contribution is 2.31. The summed E-state index contributed by atoms with van der Waals surface area (Å²) in [5.41, 5.74) is 3.53. The molecule has 0 bridgehead atoms. The van der Waals surface area contributed by atoms with E-state index in [9.17, 15) is 13.6 Å². The molecule has 32 heavy (non-hydrogen) atoms. The standard InChI is InChI=1S/C22H22F2N6OS/c1-3-5-16(11-25)14(2)28-12-15-8-9-21(19(24)10-15)32-13-17-18(23)6-4-7-20(17)30(27)22(31)29-26/h3-10,12H,13,26-27H2,1-2H3,(H,29,31)/b5-3-,16-14+,28-12?. The van der Waals surface area contributed by atoms with E-state index in [1.807, 2.05) is 11.5 Å². The Labute approximate surface area is 189 Å². The summed E-state index contributed by atoms with van der Waals surface area (Å²) in [4.78, 5) is 16.2. The summed E-state index contributed by atoms with van der Waals surface area (Å²) in [7, 11) is 0. The van der Waals surface area contributed by atoms with Gasteiger partial charge in [-0.15, -0.1) is 11.8 Å². The summed E-state index contributed by atoms with van der Waals surface area (Å²) in [5.74, 6) is 9.69. The minimum Gasteiger partial charge on any atom is -0.274 e. The van der Waals surface area contributed by atoms with E-state index in [4.69, 9.17) is 16.9 Å². The van der Waals surface area contributed by atoms with Crippen molar-refractivity contribution >= 4 is 29.7 Å². The number of nitrogens with one attached hydrogen (secondary N) is 1. The van der Waals surface area contributed by atoms with Crippen LogP contribution in [0, 0.1) is 23.0 Å². The van der Waals surface area contributed by atoms with Crippen molar-refractivity contribution in [2.75, 3.05) is 5.01 Å². The zero-order chi connectivity index (χ0) is 23.7. The number of hydrogen-bond donors (Lipinski definition) is 3. The summed E-state index contributed by atoms with van der Waals surface area (Å²) < 4.78 is 29.0. The van der Waals surface area contributed by atoms with Crippen LogP contribution >= 0.6 is 11.8 Å². The van der Waals surface area contributed by atoms with Gasteiger partial charge in [0.05, 0.1) is 17.0 Å². The topological polar surface area (TPSA) is 121 Å². The number of thioether (sulfide) groups is 1. The molecule has 0 aliphatic carbocycles. The highest BCUT2D eigenvalue weighted by atomic mass is 32.2. The Morgan fingerprint density at radius 2 is 2.06 bits per heavy atom. The number of carbonyl (C=O) groups excluding carboxylic acids is 1. The number of nitrogens with zero attached hydrogens (tertiary/aromatic N) is 3. The first kappa shape index (κ1) is 24.7. The van der Waals surface area contributed by atoms with Crippen LogP contribution in [-0.2, 0) is 5.75 Å². The second kappa shape index (κ2) is 11.8. The van der Waals surface area contributed by atoms with E-state index in [2.05, 4.69) is 4.99 Å². The molecule has 0 heterocycles. The van der Waals surface area contributed by atoms with E-state index in [0.29, 0.717) is 21.8 Å². The van der Waals surface area contributed by atoms with Crippen LogP contribution in [0.5, 0.6) is 0 Å². The molecule has 0 aromatic heterocycles. The number of halogens is 2. The number of nitriles is 1. The first-order valence-electron chi connectivity index (χ1n) is 9.35. The summed E-state index contributed by atoms with van der Waals surface area (Å²) in [6.45, 7) is 3.48. The molecule has 0 saturated heterocycles. The van der Waals surface area contributed by atoms with Crippen LogP contribution in [0.1, 0.15) is 25.0 Å². The highest BCUT2D eigenvalue weighted by Gasteiger charge is 2.18. The Bertz CT molecular complexity index is 1120. The number of carbonyl (C=O) groups is 1. The highest BCUT2D eigenvalue weighted by molar-refractivity contribution is 7.98. The van der Waals surface area contributed by atoms with Crippen molar-refractivity contribution in [3.8, 4) is 6.07 Å². The summed E-state index contributed by atoms with van der Waals surface area (Å²) in [5, 5.41) is 9.80. The van der Waals surface area contributed by atoms with Crippen molar-refractivity contribution in [3.05, 3.63) is 82.6 Å². The molecular weight excluding hydrogens is 434 g/mol. The Hall–Kier alpha value is -3.52. The second-order valence-electron chi connectivity index (χ2n) is 6.40. The molecule has 0 spiro atoms. The van der Waals surface area contributed by atoms with Gasteiger partial charge in [0.15, 0.2) is 0 Å². The van der Waals surface area contributed by atoms with Crippen molar-refractivity contribution in [1.29, 1.82) is 5.26 Å². The molecule has 2 aromatic carbocycles. The van der Waals surface area contributed by atoms with Crippen LogP contribution in [0.2, 0.25) is 0 Å². The smallest absolute Gasteiger partial charge is 0.274 e. The number of amides is 2. The quantitative estimate of drug-likeness (QED) is 0.109. The van der Waals surface area contributed by atoms with Crippen molar-refractivity contribution in [3.63, 3.8) is 0 Å². The SMILES string of the molecule is C/C=C\C(C#N)=C(\C)N=Cc1ccc(SCc2c(F)cccc2N(N)C(=O)NN)c(F)c1. The summed E-state index contributed by atoms with van der Waals surface area (Å²) >= 11 is 1.05. The van der Waals surface area contributed by atoms with Gasteiger partial charge in [-0.2, -0.15) is 5.26 Å². The van der Waals surface area contributed by atoms with Gasteiger partial charge in [0, 0.05) is 22.4 Å². The lowest BCUT2D eigenvalue weighted by molar-refractivity contribution is 0.246. The Kier molecular flexibility index (Phi) is 9.09. The first-order chi connectivity index (χ1) is 15.3. The molecule has 0 fully saturated rings. The second-order valence-corrected chi connectivity index (χ2v) is 7.42. The van der Waals surface area contributed by atoms with Crippen LogP contribution in [0.4, 0.5) is 19.3 Å². The predicted molar refractivity (Wildman–Crippen MR) is 122 cm³/mol. The van der Waals surface area contributed by atoms with Crippen LogP contribution in [0.3, 0.4) is 0 Å². The molecule has 2 aromatic rings. The number of rotatable bonds is 7. The lowest BCUT2D eigenvalue weighted by Gasteiger charge is -2.19. The average molecular weight is 457 g/mol. The number of allylic oxidation sites excluding steroid dienone is 4. The van der Waals surface area contributed by atoms with Gasteiger partial charge >= 0.3 is 6.03 Å². The lowest BCUT2D eigenvalue weighted by atomic mass is 10.2. The molecule has 0 atom stereocenters. The van der Waals surface area contributed by atoms with Gasteiger partial charge in [0.2, 0.25) is 0 Å². The summed E-state index contributed by atoms with van der Waals surface area (Å²) in [6, 6.07) is 9.81. The fraction of sp³-hybridized carbons (Fsp3) is 0.136. The van der Waals surface area contributed by atoms with Crippen LogP contribution in [-0.4, -0.2) is 12.2 Å². The normalized spacial score (nSPS) is 12.0. The first-order valence-corrected chi connectivity index (χ1v) is 10.3. The Balaban J connectivity index is 2.21. The third-order valence-electron chi connectivity index (χ3n) is 4.27. The zero-order valence-electron chi connectivity index (χ0n) is 17.5. The average Bonchev–Trinajstić information content (AvgIpc) is 2.79. The van der Waals surface area contributed by atoms with E-state index in [0.717, 1.165) is 11.8 Å². The molecule has 7 nitrogen and oxygen atoms in total. The number of anilines is 1. The van der Waals surface area contributed by atoms with Crippen LogP contribution < -0.4 is 22.1 Å². The van der Waals surface area contributed by atoms with Gasteiger partial charge < -0.3 is 0 Å². The maximum atomic E-state index is 14.6. The molecule has 0 aliphatic heterocycles. The number of urea groups is 1. The zero-order valence-corrected chi connectivity index (χ0v) is 18.3. The Morgan fingerprint density at radius 3 is 2.69 bits per heavy atom. The van der Waals surface area contributed by atoms with Gasteiger partial charge in [0.1, 0.15) is 17.7 Å². The van der Waals surface area contributed by atoms with Crippen molar-refractivity contribution < 1.29 is 13.6 Å². The molecule has 2 amide bonds. The van der Waals surface area contributed by atoms with Crippen LogP contribution in [0.25, 0.3) is 0 Å². The van der Waals surface area contributed by atoms with E-state index in [-0.39, 0.29) is 21.9 Å². The molecular formula is C22H22F2N6OS. The largest absolute Gasteiger partial charge is 0.350 e. The molecule has 0 aliphatic rings. The van der Waals surface area contributed by atoms with Gasteiger partial charge in [-0.1, -0.05) is 18.2 Å². The fourth-order valence-corrected chi connectivity index (χ4v) is 3.55. The monoisotopic (exact) mass is 456 g/mol. The third kappa shape index (κ3) is 6.24. The molecule has 5 N–H and O–H groups in total. The van der Waals surface area contributed by atoms with Crippen molar-refractivity contribution in [1.82, 2.24) is 5.43 Å². The number of nitrogens with two attached hydrogens (primary N) is 2. The predicted octanol–water partition coefficient (Wildman–Crippen LogP) is 4.31. The Morgan fingerprint density at radius 1 is 1.31 bits per heavy atom. The minimum absolute atomic E-state index is 0.0225. The van der Waals surface area contributed by atoms with Gasteiger partial charge in [-0.3, -0.25) is 10.4 Å². The molecule has 10 heteroatoms. The van der Waals surface area contributed by atoms with E-state index in [1.165, 1.54) is 30.5 Å². The summed E-state index contributed by atoms with van der Waals surface area (Å²) in [6.07, 6.45) is 4.83. The van der Waals surface area contributed by atoms with Crippen molar-refractivity contribution in [2.45, 2.75) is 24.5 Å². The third-order valence-corrected chi connectivity index (χ3v) is 5.35. The molecule has 166 valence electrons. The molecule has 0 saturated carbocycles. The number of aliphatic imine (C=N–C) groups is 1. The number of hydrogen-bond acceptors (Lipinski definition) is 6. The maximum absolute atomic E-state index is 14.6. The van der Waals surface area contributed by atoms with Gasteiger partial charge in [-0.05, 0) is 49.8 Å². The molecule has 0 unspecified atom stereocenters. The lowest BCUT2D eigenvalue weighted by Crippen LogP contribution is -2.48. The van der Waals surface area contributed by atoms with E-state index in [1.54, 1.807) is 38.1 Å². The van der Waals surface area contributed by atoms with Crippen molar-refractivity contribution in [2.24, 2.45) is 16.7 Å². The van der Waals surface area contributed by atoms with Crippen LogP contribution in [0.15, 0.2) is 69.7 Å².